The molecule has 0 bridgehead atoms. The molecular weight excluding hydrogens is 168 g/mol. The molecule has 3 heteroatoms. The molecule has 0 aliphatic rings. The molecule has 0 amide bonds. The van der Waals surface area contributed by atoms with Crippen LogP contribution in [0.4, 0.5) is 0 Å². The number of ether oxygens (including phenoxy) is 1. The molecule has 65 valence electrons. The van der Waals surface area contributed by atoms with E-state index in [1.54, 1.807) is 6.08 Å². The molecule has 1 radical (unpaired) electrons. The maximum Gasteiger partial charge on any atom is 0.425 e. The van der Waals surface area contributed by atoms with E-state index < -0.39 is 5.97 Å². The van der Waals surface area contributed by atoms with Crippen molar-refractivity contribution in [3.63, 3.8) is 0 Å². The summed E-state index contributed by atoms with van der Waals surface area (Å²) >= 11 is 0. The Balaban J connectivity index is 2.58. The van der Waals surface area contributed by atoms with Crippen LogP contribution in [0.15, 0.2) is 36.4 Å². The Bertz CT molecular complexity index is 314. The van der Waals surface area contributed by atoms with Crippen molar-refractivity contribution in [2.24, 2.45) is 0 Å². The summed E-state index contributed by atoms with van der Waals surface area (Å²) in [5.74, 6) is -0.723. The van der Waals surface area contributed by atoms with Crippen LogP contribution in [0.5, 0.6) is 0 Å². The summed E-state index contributed by atoms with van der Waals surface area (Å²) in [7, 11) is 0. The predicted octanol–water partition coefficient (Wildman–Crippen LogP) is 1.31. The first-order chi connectivity index (χ1) is 6.33. The topological polar surface area (TPSA) is 43.4 Å². The number of esters is 1. The molecule has 0 heterocycles. The number of hydrogen-bond acceptors (Lipinski definition) is 3. The SMILES string of the molecule is O=[C]OC(=O)/C=C/c1ccccc1. The van der Waals surface area contributed by atoms with Crippen LogP contribution in [-0.4, -0.2) is 12.4 Å². The van der Waals surface area contributed by atoms with Gasteiger partial charge in [-0.05, 0) is 11.6 Å². The summed E-state index contributed by atoms with van der Waals surface area (Å²) in [6.07, 6.45) is 2.72. The van der Waals surface area contributed by atoms with Gasteiger partial charge in [-0.2, -0.15) is 0 Å². The first-order valence-electron chi connectivity index (χ1n) is 3.64. The Morgan fingerprint density at radius 3 is 2.62 bits per heavy atom. The van der Waals surface area contributed by atoms with Gasteiger partial charge >= 0.3 is 12.4 Å². The van der Waals surface area contributed by atoms with Crippen LogP contribution in [0, 0.1) is 0 Å². The minimum atomic E-state index is -0.723. The van der Waals surface area contributed by atoms with Crippen molar-refractivity contribution in [3.05, 3.63) is 42.0 Å². The molecule has 13 heavy (non-hydrogen) atoms. The molecule has 0 aliphatic carbocycles. The minimum Gasteiger partial charge on any atom is -0.381 e. The molecule has 0 atom stereocenters. The summed E-state index contributed by atoms with van der Waals surface area (Å²) in [6, 6.07) is 9.21. The second-order valence-corrected chi connectivity index (χ2v) is 2.25. The van der Waals surface area contributed by atoms with Gasteiger partial charge in [0.05, 0.1) is 0 Å². The molecule has 0 N–H and O–H groups in total. The third-order valence-electron chi connectivity index (χ3n) is 1.35. The van der Waals surface area contributed by atoms with Crippen LogP contribution in [0.2, 0.25) is 0 Å². The van der Waals surface area contributed by atoms with Crippen molar-refractivity contribution in [3.8, 4) is 0 Å². The number of carbonyl (C=O) groups is 1. The van der Waals surface area contributed by atoms with E-state index in [0.29, 0.717) is 0 Å². The Kier molecular flexibility index (Phi) is 3.45. The van der Waals surface area contributed by atoms with Crippen LogP contribution in [0.3, 0.4) is 0 Å². The number of rotatable bonds is 3. The van der Waals surface area contributed by atoms with Gasteiger partial charge in [-0.3, -0.25) is 0 Å². The van der Waals surface area contributed by atoms with E-state index in [0.717, 1.165) is 12.0 Å². The summed E-state index contributed by atoms with van der Waals surface area (Å²) < 4.78 is 3.93. The van der Waals surface area contributed by atoms with E-state index in [1.807, 2.05) is 30.3 Å². The second kappa shape index (κ2) is 4.87. The van der Waals surface area contributed by atoms with Crippen LogP contribution < -0.4 is 0 Å². The van der Waals surface area contributed by atoms with E-state index in [9.17, 15) is 9.59 Å². The summed E-state index contributed by atoms with van der Waals surface area (Å²) in [5, 5.41) is 0. The van der Waals surface area contributed by atoms with E-state index in [2.05, 4.69) is 4.74 Å². The average molecular weight is 175 g/mol. The maximum absolute atomic E-state index is 10.6. The van der Waals surface area contributed by atoms with Crippen LogP contribution in [-0.2, 0) is 14.3 Å². The maximum atomic E-state index is 10.6. The first-order valence-corrected chi connectivity index (χ1v) is 3.64. The third-order valence-corrected chi connectivity index (χ3v) is 1.35. The first kappa shape index (κ1) is 9.19. The standard InChI is InChI=1S/C10H7O3/c11-8-13-10(12)7-6-9-4-2-1-3-5-9/h1-7H/b7-6+. The summed E-state index contributed by atoms with van der Waals surface area (Å²) in [6.45, 7) is 1.05. The van der Waals surface area contributed by atoms with Gasteiger partial charge in [0.1, 0.15) is 0 Å². The summed E-state index contributed by atoms with van der Waals surface area (Å²) in [4.78, 5) is 20.3. The molecule has 1 aromatic carbocycles. The van der Waals surface area contributed by atoms with E-state index in [4.69, 9.17) is 0 Å². The van der Waals surface area contributed by atoms with E-state index in [-0.39, 0.29) is 0 Å². The molecule has 0 fully saturated rings. The lowest BCUT2D eigenvalue weighted by atomic mass is 10.2. The predicted molar refractivity (Wildman–Crippen MR) is 47.3 cm³/mol. The molecule has 0 aliphatic heterocycles. The molecule has 0 aromatic heterocycles. The van der Waals surface area contributed by atoms with Crippen molar-refractivity contribution >= 4 is 18.5 Å². The van der Waals surface area contributed by atoms with Gasteiger partial charge < -0.3 is 4.74 Å². The number of benzene rings is 1. The van der Waals surface area contributed by atoms with Crippen molar-refractivity contribution in [2.75, 3.05) is 0 Å². The average Bonchev–Trinajstić information content (AvgIpc) is 2.17. The zero-order valence-electron chi connectivity index (χ0n) is 6.77. The van der Waals surface area contributed by atoms with Crippen LogP contribution >= 0.6 is 0 Å². The minimum absolute atomic E-state index is 0.723. The fourth-order valence-corrected chi connectivity index (χ4v) is 0.804. The Labute approximate surface area is 75.6 Å². The Hall–Kier alpha value is -1.90. The molecule has 3 nitrogen and oxygen atoms in total. The fraction of sp³-hybridized carbons (Fsp3) is 0. The van der Waals surface area contributed by atoms with Crippen LogP contribution in [0.1, 0.15) is 5.56 Å². The lowest BCUT2D eigenvalue weighted by molar-refractivity contribution is -0.130. The van der Waals surface area contributed by atoms with Crippen molar-refractivity contribution < 1.29 is 14.3 Å². The molecule has 1 rings (SSSR count). The smallest absolute Gasteiger partial charge is 0.381 e. The lowest BCUT2D eigenvalue weighted by Gasteiger charge is -1.89. The molecule has 1 aromatic rings. The highest BCUT2D eigenvalue weighted by atomic mass is 16.6. The normalized spacial score (nSPS) is 9.85. The highest BCUT2D eigenvalue weighted by molar-refractivity contribution is 5.90. The van der Waals surface area contributed by atoms with Gasteiger partial charge in [-0.1, -0.05) is 30.3 Å². The monoisotopic (exact) mass is 175 g/mol. The fourth-order valence-electron chi connectivity index (χ4n) is 0.804. The van der Waals surface area contributed by atoms with Gasteiger partial charge in [0.2, 0.25) is 0 Å². The Morgan fingerprint density at radius 1 is 1.31 bits per heavy atom. The van der Waals surface area contributed by atoms with Gasteiger partial charge in [0.25, 0.3) is 0 Å². The molecule has 0 saturated carbocycles. The van der Waals surface area contributed by atoms with E-state index in [1.165, 1.54) is 6.08 Å². The summed E-state index contributed by atoms with van der Waals surface area (Å²) in [5.41, 5.74) is 0.866. The molecule has 0 unspecified atom stereocenters. The number of carbonyl (C=O) groups excluding carboxylic acids is 2. The van der Waals surface area contributed by atoms with Crippen molar-refractivity contribution in [2.45, 2.75) is 0 Å². The Morgan fingerprint density at radius 2 is 2.00 bits per heavy atom. The van der Waals surface area contributed by atoms with E-state index >= 15 is 0 Å². The largest absolute Gasteiger partial charge is 0.425 e. The highest BCUT2D eigenvalue weighted by Crippen LogP contribution is 2.00. The molecule has 0 spiro atoms. The van der Waals surface area contributed by atoms with Gasteiger partial charge in [0.15, 0.2) is 0 Å². The third kappa shape index (κ3) is 3.33. The van der Waals surface area contributed by atoms with Crippen molar-refractivity contribution in [1.82, 2.24) is 0 Å². The molecular formula is C10H7O3. The number of hydrogen-bond donors (Lipinski definition) is 0. The highest BCUT2D eigenvalue weighted by Gasteiger charge is 1.94. The second-order valence-electron chi connectivity index (χ2n) is 2.25. The van der Waals surface area contributed by atoms with Gasteiger partial charge in [0, 0.05) is 6.08 Å². The lowest BCUT2D eigenvalue weighted by Crippen LogP contribution is -1.96. The van der Waals surface area contributed by atoms with Gasteiger partial charge in [-0.25, -0.2) is 9.59 Å². The van der Waals surface area contributed by atoms with Crippen LogP contribution in [0.25, 0.3) is 6.08 Å². The van der Waals surface area contributed by atoms with Gasteiger partial charge in [-0.15, -0.1) is 0 Å². The van der Waals surface area contributed by atoms with Crippen molar-refractivity contribution in [1.29, 1.82) is 0 Å². The molecule has 0 saturated heterocycles. The zero-order chi connectivity index (χ0) is 9.52. The quantitative estimate of drug-likeness (QED) is 0.395. The zero-order valence-corrected chi connectivity index (χ0v) is 6.77.